The first kappa shape index (κ1) is 25.1. The maximum Gasteiger partial charge on any atom is 0.330 e. The van der Waals surface area contributed by atoms with Crippen LogP contribution in [-0.4, -0.2) is 40.4 Å². The van der Waals surface area contributed by atoms with Gasteiger partial charge in [-0.2, -0.15) is 0 Å². The standard InChI is InChI=1S/C22H30N3O7P/c1-14(2)30-21(27)16(4)24-33(32-17-8-6-5-7-9-17)29-13-18-12-15(3)20(31-18)25-11-10-19(26)23-22(25)28/h5-11,14-16,18,20,24H,12-13H2,1-4H3,(H,23,26,28)/t15?,16-,18?,20?,33?/m0/s1. The molecule has 1 fully saturated rings. The van der Waals surface area contributed by atoms with Crippen molar-refractivity contribution >= 4 is 14.5 Å². The number of ether oxygens (including phenoxy) is 2. The largest absolute Gasteiger partial charge is 0.462 e. The topological polar surface area (TPSA) is 121 Å². The Kier molecular flexibility index (Phi) is 8.80. The summed E-state index contributed by atoms with van der Waals surface area (Å²) in [6, 6.07) is 9.79. The van der Waals surface area contributed by atoms with E-state index in [-0.39, 0.29) is 24.7 Å². The molecule has 0 spiro atoms. The second-order valence-corrected chi connectivity index (χ2v) is 9.39. The number of esters is 1. The highest BCUT2D eigenvalue weighted by atomic mass is 31.2. The zero-order chi connectivity index (χ0) is 24.0. The van der Waals surface area contributed by atoms with Crippen LogP contribution in [0.5, 0.6) is 5.75 Å². The van der Waals surface area contributed by atoms with Crippen molar-refractivity contribution < 1.29 is 23.3 Å². The van der Waals surface area contributed by atoms with Crippen LogP contribution in [0.3, 0.4) is 0 Å². The first-order chi connectivity index (χ1) is 15.7. The van der Waals surface area contributed by atoms with Crippen molar-refractivity contribution in [3.63, 3.8) is 0 Å². The summed E-state index contributed by atoms with van der Waals surface area (Å²) >= 11 is 0. The number of rotatable bonds is 10. The number of H-pyrrole nitrogens is 1. The molecule has 33 heavy (non-hydrogen) atoms. The third kappa shape index (κ3) is 7.23. The van der Waals surface area contributed by atoms with E-state index in [1.165, 1.54) is 16.8 Å². The van der Waals surface area contributed by atoms with E-state index in [2.05, 4.69) is 10.1 Å². The van der Waals surface area contributed by atoms with E-state index in [1.807, 2.05) is 25.1 Å². The Morgan fingerprint density at radius 1 is 1.24 bits per heavy atom. The molecule has 1 saturated heterocycles. The van der Waals surface area contributed by atoms with Gasteiger partial charge in [0, 0.05) is 18.2 Å². The van der Waals surface area contributed by atoms with Gasteiger partial charge in [-0.25, -0.2) is 9.88 Å². The van der Waals surface area contributed by atoms with Crippen LogP contribution in [0.25, 0.3) is 0 Å². The lowest BCUT2D eigenvalue weighted by atomic mass is 10.1. The minimum absolute atomic E-state index is 0.0244. The van der Waals surface area contributed by atoms with E-state index in [0.717, 1.165) is 0 Å². The van der Waals surface area contributed by atoms with Crippen LogP contribution in [0, 0.1) is 5.92 Å². The fourth-order valence-electron chi connectivity index (χ4n) is 3.36. The van der Waals surface area contributed by atoms with Crippen molar-refractivity contribution in [3.8, 4) is 5.75 Å². The van der Waals surface area contributed by atoms with Gasteiger partial charge in [0.2, 0.25) is 0 Å². The van der Waals surface area contributed by atoms with Crippen LogP contribution < -0.4 is 20.9 Å². The van der Waals surface area contributed by atoms with Crippen LogP contribution in [0.1, 0.15) is 40.3 Å². The van der Waals surface area contributed by atoms with Crippen molar-refractivity contribution in [3.05, 3.63) is 63.4 Å². The molecule has 2 N–H and O–H groups in total. The minimum Gasteiger partial charge on any atom is -0.462 e. The number of hydrogen-bond donors (Lipinski definition) is 2. The number of hydrogen-bond acceptors (Lipinski definition) is 8. The number of carbonyl (C=O) groups is 1. The Hall–Kier alpha value is -2.52. The highest BCUT2D eigenvalue weighted by molar-refractivity contribution is 7.45. The van der Waals surface area contributed by atoms with Crippen molar-refractivity contribution in [2.75, 3.05) is 6.61 Å². The van der Waals surface area contributed by atoms with Crippen LogP contribution in [0.15, 0.2) is 52.2 Å². The first-order valence-corrected chi connectivity index (χ1v) is 12.0. The lowest BCUT2D eigenvalue weighted by molar-refractivity contribution is -0.149. The number of para-hydroxylation sites is 1. The monoisotopic (exact) mass is 479 g/mol. The molecular weight excluding hydrogens is 449 g/mol. The Bertz CT molecular complexity index is 1030. The number of nitrogens with zero attached hydrogens (tertiary/aromatic N) is 1. The molecule has 1 aliphatic rings. The second kappa shape index (κ2) is 11.6. The lowest BCUT2D eigenvalue weighted by Gasteiger charge is -2.23. The third-order valence-corrected chi connectivity index (χ3v) is 6.25. The van der Waals surface area contributed by atoms with Crippen molar-refractivity contribution in [2.45, 2.75) is 58.6 Å². The van der Waals surface area contributed by atoms with Crippen molar-refractivity contribution in [1.29, 1.82) is 0 Å². The minimum atomic E-state index is -1.69. The number of benzene rings is 1. The molecule has 0 radical (unpaired) electrons. The van der Waals surface area contributed by atoms with Crippen LogP contribution in [0.2, 0.25) is 0 Å². The summed E-state index contributed by atoms with van der Waals surface area (Å²) in [7, 11) is -1.69. The van der Waals surface area contributed by atoms with E-state index in [4.69, 9.17) is 18.5 Å². The number of nitrogens with one attached hydrogen (secondary N) is 2. The van der Waals surface area contributed by atoms with Crippen molar-refractivity contribution in [1.82, 2.24) is 14.6 Å². The SMILES string of the molecule is CC(C)OC(=O)[C@H](C)NP(OCC1CC(C)C(n2ccc(=O)[nH]c2=O)O1)Oc1ccccc1. The second-order valence-electron chi connectivity index (χ2n) is 8.17. The summed E-state index contributed by atoms with van der Waals surface area (Å²) in [6.07, 6.45) is 1.03. The highest BCUT2D eigenvalue weighted by Crippen LogP contribution is 2.39. The smallest absolute Gasteiger partial charge is 0.330 e. The van der Waals surface area contributed by atoms with Gasteiger partial charge in [-0.15, -0.1) is 0 Å². The Morgan fingerprint density at radius 2 is 1.97 bits per heavy atom. The molecule has 180 valence electrons. The summed E-state index contributed by atoms with van der Waals surface area (Å²) in [5, 5.41) is 3.06. The van der Waals surface area contributed by atoms with Gasteiger partial charge in [0.05, 0.1) is 18.8 Å². The molecular formula is C22H30N3O7P. The van der Waals surface area contributed by atoms with Gasteiger partial charge < -0.3 is 18.5 Å². The fourth-order valence-corrected chi connectivity index (χ4v) is 4.57. The Labute approximate surface area is 193 Å². The van der Waals surface area contributed by atoms with Gasteiger partial charge in [-0.1, -0.05) is 25.1 Å². The average molecular weight is 479 g/mol. The maximum absolute atomic E-state index is 12.2. The van der Waals surface area contributed by atoms with Gasteiger partial charge in [0.25, 0.3) is 5.56 Å². The predicted molar refractivity (Wildman–Crippen MR) is 123 cm³/mol. The molecule has 0 bridgehead atoms. The molecule has 1 aromatic heterocycles. The van der Waals surface area contributed by atoms with Gasteiger partial charge in [-0.05, 0) is 39.3 Å². The molecule has 11 heteroatoms. The zero-order valence-electron chi connectivity index (χ0n) is 19.1. The Morgan fingerprint density at radius 3 is 2.64 bits per heavy atom. The molecule has 0 saturated carbocycles. The molecule has 0 aliphatic carbocycles. The van der Waals surface area contributed by atoms with Crippen molar-refractivity contribution in [2.24, 2.45) is 5.92 Å². The molecule has 2 aromatic rings. The van der Waals surface area contributed by atoms with Gasteiger partial charge >= 0.3 is 20.2 Å². The zero-order valence-corrected chi connectivity index (χ0v) is 20.0. The highest BCUT2D eigenvalue weighted by Gasteiger charge is 2.35. The predicted octanol–water partition coefficient (Wildman–Crippen LogP) is 2.71. The third-order valence-electron chi connectivity index (χ3n) is 4.89. The molecule has 10 nitrogen and oxygen atoms in total. The van der Waals surface area contributed by atoms with Crippen LogP contribution in [0.4, 0.5) is 0 Å². The molecule has 4 unspecified atom stereocenters. The number of carbonyl (C=O) groups excluding carboxylic acids is 1. The molecule has 1 aliphatic heterocycles. The molecule has 2 heterocycles. The molecule has 1 aromatic carbocycles. The molecule has 3 rings (SSSR count). The first-order valence-electron chi connectivity index (χ1n) is 10.8. The van der Waals surface area contributed by atoms with Crippen LogP contribution in [-0.2, 0) is 18.8 Å². The lowest BCUT2D eigenvalue weighted by Crippen LogP contribution is -2.35. The molecule has 0 amide bonds. The summed E-state index contributed by atoms with van der Waals surface area (Å²) in [5.41, 5.74) is -0.976. The quantitative estimate of drug-likeness (QED) is 0.394. The average Bonchev–Trinajstić information content (AvgIpc) is 3.12. The fraction of sp³-hybridized carbons (Fsp3) is 0.500. The molecule has 5 atom stereocenters. The number of aromatic nitrogens is 2. The van der Waals surface area contributed by atoms with Gasteiger partial charge in [0.15, 0.2) is 0 Å². The summed E-state index contributed by atoms with van der Waals surface area (Å²) in [5.74, 6) is 0.219. The maximum atomic E-state index is 12.2. The van der Waals surface area contributed by atoms with E-state index in [1.54, 1.807) is 32.9 Å². The van der Waals surface area contributed by atoms with E-state index in [9.17, 15) is 14.4 Å². The summed E-state index contributed by atoms with van der Waals surface area (Å²) in [4.78, 5) is 38.0. The van der Waals surface area contributed by atoms with Gasteiger partial charge in [0.1, 0.15) is 18.0 Å². The summed E-state index contributed by atoms with van der Waals surface area (Å²) in [6.45, 7) is 7.41. The number of aromatic amines is 1. The van der Waals surface area contributed by atoms with E-state index in [0.29, 0.717) is 12.2 Å². The normalized spacial score (nSPS) is 22.2. The summed E-state index contributed by atoms with van der Waals surface area (Å²) < 4.78 is 24.6. The van der Waals surface area contributed by atoms with Crippen LogP contribution >= 0.6 is 8.53 Å². The Balaban J connectivity index is 1.64. The van der Waals surface area contributed by atoms with E-state index >= 15 is 0 Å². The van der Waals surface area contributed by atoms with E-state index < -0.39 is 38.0 Å². The van der Waals surface area contributed by atoms with Gasteiger partial charge in [-0.3, -0.25) is 19.1 Å².